The van der Waals surface area contributed by atoms with Crippen LogP contribution in [0.2, 0.25) is 5.02 Å². The number of nitrogens with zero attached hydrogens (tertiary/aromatic N) is 1. The maximum atomic E-state index is 6.70. The summed E-state index contributed by atoms with van der Waals surface area (Å²) in [6, 6.07) is 16.8. The number of hydrogen-bond acceptors (Lipinski definition) is 4. The summed E-state index contributed by atoms with van der Waals surface area (Å²) in [5, 5.41) is 7.83. The highest BCUT2D eigenvalue weighted by atomic mass is 35.5. The molecular weight excluding hydrogens is 420 g/mol. The van der Waals surface area contributed by atoms with Gasteiger partial charge in [-0.3, -0.25) is 0 Å². The van der Waals surface area contributed by atoms with Gasteiger partial charge in [-0.05, 0) is 73.8 Å². The van der Waals surface area contributed by atoms with E-state index in [-0.39, 0.29) is 6.10 Å². The van der Waals surface area contributed by atoms with Gasteiger partial charge in [-0.15, -0.1) is 0 Å². The van der Waals surface area contributed by atoms with Crippen LogP contribution in [0.1, 0.15) is 31.9 Å². The van der Waals surface area contributed by atoms with Gasteiger partial charge in [-0.1, -0.05) is 41.9 Å². The molecule has 4 aromatic rings. The van der Waals surface area contributed by atoms with Gasteiger partial charge in [-0.2, -0.15) is 0 Å². The van der Waals surface area contributed by atoms with Gasteiger partial charge in [0.2, 0.25) is 0 Å². The van der Waals surface area contributed by atoms with Crippen LogP contribution in [0.25, 0.3) is 32.9 Å². The Labute approximate surface area is 193 Å². The molecule has 0 amide bonds. The van der Waals surface area contributed by atoms with Gasteiger partial charge in [0.15, 0.2) is 11.5 Å². The first-order valence-electron chi connectivity index (χ1n) is 11.2. The van der Waals surface area contributed by atoms with E-state index in [4.69, 9.17) is 26.1 Å². The number of halogens is 1. The van der Waals surface area contributed by atoms with Crippen LogP contribution in [0, 0.1) is 0 Å². The summed E-state index contributed by atoms with van der Waals surface area (Å²) in [4.78, 5) is 5.15. The molecular formula is C27H27ClN2O2. The molecule has 164 valence electrons. The monoisotopic (exact) mass is 446 g/mol. The predicted octanol–water partition coefficient (Wildman–Crippen LogP) is 6.54. The number of benzene rings is 3. The van der Waals surface area contributed by atoms with Crippen LogP contribution in [0.15, 0.2) is 48.5 Å². The molecule has 0 saturated carbocycles. The second kappa shape index (κ2) is 8.61. The molecule has 0 atom stereocenters. The minimum atomic E-state index is 0.00147. The van der Waals surface area contributed by atoms with Gasteiger partial charge in [0.25, 0.3) is 0 Å². The lowest BCUT2D eigenvalue weighted by molar-refractivity contribution is 0.224. The second-order valence-corrected chi connectivity index (χ2v) is 8.82. The molecule has 0 aliphatic carbocycles. The van der Waals surface area contributed by atoms with Gasteiger partial charge in [0.1, 0.15) is 0 Å². The lowest BCUT2D eigenvalue weighted by Crippen LogP contribution is -2.25. The molecule has 1 aliphatic heterocycles. The summed E-state index contributed by atoms with van der Waals surface area (Å²) in [5.41, 5.74) is 5.52. The normalized spacial score (nSPS) is 13.5. The van der Waals surface area contributed by atoms with E-state index in [0.717, 1.165) is 36.3 Å². The summed E-state index contributed by atoms with van der Waals surface area (Å²) in [6.45, 7) is 8.20. The number of ether oxygens (including phenoxy) is 2. The van der Waals surface area contributed by atoms with E-state index in [1.165, 1.54) is 27.3 Å². The quantitative estimate of drug-likeness (QED) is 0.353. The van der Waals surface area contributed by atoms with E-state index in [1.807, 2.05) is 32.9 Å². The lowest BCUT2D eigenvalue weighted by atomic mass is 9.90. The molecule has 1 N–H and O–H groups in total. The van der Waals surface area contributed by atoms with Crippen molar-refractivity contribution in [3.8, 4) is 22.8 Å². The molecule has 32 heavy (non-hydrogen) atoms. The van der Waals surface area contributed by atoms with Crippen molar-refractivity contribution in [2.75, 3.05) is 13.2 Å². The van der Waals surface area contributed by atoms with Crippen LogP contribution in [-0.2, 0) is 13.0 Å². The third-order valence-corrected chi connectivity index (χ3v) is 6.16. The molecule has 1 aromatic heterocycles. The molecule has 0 radical (unpaired) electrons. The minimum Gasteiger partial charge on any atom is -0.490 e. The molecule has 5 heteroatoms. The number of rotatable bonds is 5. The summed E-state index contributed by atoms with van der Waals surface area (Å²) in [7, 11) is 0. The fraction of sp³-hybridized carbons (Fsp3) is 0.296. The summed E-state index contributed by atoms with van der Waals surface area (Å²) in [6.07, 6.45) is 0.970. The Hall–Kier alpha value is -2.82. The van der Waals surface area contributed by atoms with Gasteiger partial charge in [0.05, 0.1) is 28.9 Å². The molecule has 4 nitrogen and oxygen atoms in total. The second-order valence-electron chi connectivity index (χ2n) is 8.41. The van der Waals surface area contributed by atoms with E-state index >= 15 is 0 Å². The van der Waals surface area contributed by atoms with Crippen LogP contribution < -0.4 is 14.8 Å². The largest absolute Gasteiger partial charge is 0.490 e. The molecule has 0 bridgehead atoms. The Morgan fingerprint density at radius 1 is 1.09 bits per heavy atom. The van der Waals surface area contributed by atoms with Crippen molar-refractivity contribution in [2.45, 2.75) is 39.8 Å². The van der Waals surface area contributed by atoms with Gasteiger partial charge in [0, 0.05) is 17.5 Å². The third-order valence-electron chi connectivity index (χ3n) is 5.88. The topological polar surface area (TPSA) is 43.4 Å². The van der Waals surface area contributed by atoms with Gasteiger partial charge >= 0.3 is 0 Å². The van der Waals surface area contributed by atoms with Crippen LogP contribution in [-0.4, -0.2) is 24.2 Å². The zero-order valence-electron chi connectivity index (χ0n) is 18.7. The summed E-state index contributed by atoms with van der Waals surface area (Å²) >= 11 is 6.70. The SMILES string of the molecule is CCOc1cc(-c2nc3ccc4ccccc4c3c3c2CNCC3)cc(Cl)c1OC(C)C. The Morgan fingerprint density at radius 2 is 1.94 bits per heavy atom. The van der Waals surface area contributed by atoms with Crippen molar-refractivity contribution in [3.63, 3.8) is 0 Å². The van der Waals surface area contributed by atoms with Crippen LogP contribution in [0.4, 0.5) is 0 Å². The first-order valence-corrected chi connectivity index (χ1v) is 11.6. The fourth-order valence-corrected chi connectivity index (χ4v) is 4.86. The number of aromatic nitrogens is 1. The highest BCUT2D eigenvalue weighted by Gasteiger charge is 2.23. The zero-order chi connectivity index (χ0) is 22.2. The maximum absolute atomic E-state index is 6.70. The summed E-state index contributed by atoms with van der Waals surface area (Å²) < 4.78 is 11.9. The Balaban J connectivity index is 1.77. The average molecular weight is 447 g/mol. The molecule has 0 saturated heterocycles. The lowest BCUT2D eigenvalue weighted by Gasteiger charge is -2.24. The maximum Gasteiger partial charge on any atom is 0.180 e. The third kappa shape index (κ3) is 3.68. The molecule has 0 unspecified atom stereocenters. The van der Waals surface area contributed by atoms with Crippen LogP contribution in [0.3, 0.4) is 0 Å². The van der Waals surface area contributed by atoms with E-state index in [2.05, 4.69) is 41.7 Å². The number of nitrogens with one attached hydrogen (secondary N) is 1. The summed E-state index contributed by atoms with van der Waals surface area (Å²) in [5.74, 6) is 1.24. The Kier molecular flexibility index (Phi) is 5.66. The first kappa shape index (κ1) is 21.0. The molecule has 5 rings (SSSR count). The molecule has 0 spiro atoms. The van der Waals surface area contributed by atoms with E-state index < -0.39 is 0 Å². The average Bonchev–Trinajstić information content (AvgIpc) is 2.80. The van der Waals surface area contributed by atoms with Gasteiger partial charge < -0.3 is 14.8 Å². The predicted molar refractivity (Wildman–Crippen MR) is 132 cm³/mol. The van der Waals surface area contributed by atoms with Crippen molar-refractivity contribution in [1.29, 1.82) is 0 Å². The van der Waals surface area contributed by atoms with E-state index in [1.54, 1.807) is 0 Å². The van der Waals surface area contributed by atoms with Crippen LogP contribution in [0.5, 0.6) is 11.5 Å². The highest BCUT2D eigenvalue weighted by Crippen LogP contribution is 2.42. The number of hydrogen-bond donors (Lipinski definition) is 1. The van der Waals surface area contributed by atoms with Crippen molar-refractivity contribution in [2.24, 2.45) is 0 Å². The van der Waals surface area contributed by atoms with Crippen molar-refractivity contribution in [1.82, 2.24) is 10.3 Å². The first-order chi connectivity index (χ1) is 15.6. The van der Waals surface area contributed by atoms with E-state index in [9.17, 15) is 0 Å². The highest BCUT2D eigenvalue weighted by molar-refractivity contribution is 6.32. The molecule has 2 heterocycles. The zero-order valence-corrected chi connectivity index (χ0v) is 19.4. The Morgan fingerprint density at radius 3 is 2.75 bits per heavy atom. The molecule has 3 aromatic carbocycles. The smallest absolute Gasteiger partial charge is 0.180 e. The standard InChI is InChI=1S/C27H27ClN2O2/c1-4-31-24-14-18(13-22(28)27(24)32-16(2)3)26-21-15-29-12-11-20(21)25-19-8-6-5-7-17(19)9-10-23(25)30-26/h5-10,13-14,16,29H,4,11-12,15H2,1-3H3. The minimum absolute atomic E-state index is 0.00147. The fourth-order valence-electron chi connectivity index (χ4n) is 4.60. The molecule has 0 fully saturated rings. The van der Waals surface area contributed by atoms with Crippen molar-refractivity contribution < 1.29 is 9.47 Å². The number of fused-ring (bicyclic) bond motifs is 5. The Bertz CT molecular complexity index is 1320. The number of pyridine rings is 1. The van der Waals surface area contributed by atoms with Gasteiger partial charge in [-0.25, -0.2) is 4.98 Å². The van der Waals surface area contributed by atoms with Crippen LogP contribution >= 0.6 is 11.6 Å². The van der Waals surface area contributed by atoms with E-state index in [0.29, 0.717) is 23.1 Å². The molecule has 1 aliphatic rings. The van der Waals surface area contributed by atoms with Crippen molar-refractivity contribution in [3.05, 3.63) is 64.7 Å². The van der Waals surface area contributed by atoms with Crippen molar-refractivity contribution >= 4 is 33.3 Å².